The van der Waals surface area contributed by atoms with Gasteiger partial charge in [0.05, 0.1) is 6.61 Å². The van der Waals surface area contributed by atoms with Gasteiger partial charge in [0.2, 0.25) is 0 Å². The Morgan fingerprint density at radius 2 is 2.12 bits per heavy atom. The number of hydrogen-bond donors (Lipinski definition) is 1. The average molecular weight is 250 g/mol. The van der Waals surface area contributed by atoms with Crippen LogP contribution in [0.1, 0.15) is 46.0 Å². The fourth-order valence-corrected chi connectivity index (χ4v) is 2.22. The van der Waals surface area contributed by atoms with Gasteiger partial charge in [0.15, 0.2) is 0 Å². The minimum Gasteiger partial charge on any atom is -0.461 e. The molecule has 0 aromatic heterocycles. The lowest BCUT2D eigenvalue weighted by Gasteiger charge is -2.33. The van der Waals surface area contributed by atoms with Crippen LogP contribution in [-0.4, -0.2) is 29.2 Å². The molecular formula is C12H20F2O3. The summed E-state index contributed by atoms with van der Waals surface area (Å²) < 4.78 is 32.1. The minimum atomic E-state index is -3.81. The molecule has 1 fully saturated rings. The molecule has 0 aromatic rings. The standard InChI is InChI=1S/C12H20F2O3/c1-3-17-10(15)12(13,14)11(16)7-4-5-9(2)6-8-11/h9,16H,3-8H2,1-2H3. The molecule has 5 heteroatoms. The van der Waals surface area contributed by atoms with Gasteiger partial charge in [-0.15, -0.1) is 0 Å². The summed E-state index contributed by atoms with van der Waals surface area (Å²) >= 11 is 0. The molecule has 0 bridgehead atoms. The van der Waals surface area contributed by atoms with Crippen LogP contribution in [0.15, 0.2) is 0 Å². The Bertz CT molecular complexity index is 281. The van der Waals surface area contributed by atoms with E-state index in [2.05, 4.69) is 4.74 Å². The van der Waals surface area contributed by atoms with Gasteiger partial charge < -0.3 is 9.84 Å². The predicted octanol–water partition coefficient (Wildman–Crippen LogP) is 2.52. The van der Waals surface area contributed by atoms with Crippen molar-refractivity contribution in [3.63, 3.8) is 0 Å². The van der Waals surface area contributed by atoms with Crippen molar-refractivity contribution >= 4 is 5.97 Å². The van der Waals surface area contributed by atoms with E-state index in [1.54, 1.807) is 0 Å². The third-order valence-electron chi connectivity index (χ3n) is 3.45. The number of halogens is 2. The molecule has 0 heterocycles. The van der Waals surface area contributed by atoms with E-state index in [-0.39, 0.29) is 19.4 Å². The van der Waals surface area contributed by atoms with Crippen LogP contribution in [0.25, 0.3) is 0 Å². The van der Waals surface area contributed by atoms with Crippen LogP contribution in [0.2, 0.25) is 0 Å². The summed E-state index contributed by atoms with van der Waals surface area (Å²) in [6, 6.07) is 0. The Morgan fingerprint density at radius 1 is 1.47 bits per heavy atom. The lowest BCUT2D eigenvalue weighted by atomic mass is 9.87. The maximum absolute atomic E-state index is 13.9. The summed E-state index contributed by atoms with van der Waals surface area (Å²) in [5.41, 5.74) is -2.25. The predicted molar refractivity (Wildman–Crippen MR) is 58.8 cm³/mol. The van der Waals surface area contributed by atoms with E-state index >= 15 is 0 Å². The fraction of sp³-hybridized carbons (Fsp3) is 0.917. The fourth-order valence-electron chi connectivity index (χ4n) is 2.22. The first-order valence-corrected chi connectivity index (χ1v) is 6.11. The van der Waals surface area contributed by atoms with Crippen LogP contribution in [0, 0.1) is 5.92 Å². The van der Waals surface area contributed by atoms with E-state index in [0.29, 0.717) is 18.8 Å². The smallest absolute Gasteiger partial charge is 0.380 e. The first-order chi connectivity index (χ1) is 7.83. The molecule has 100 valence electrons. The number of carbonyl (C=O) groups excluding carboxylic acids is 1. The van der Waals surface area contributed by atoms with Crippen LogP contribution >= 0.6 is 0 Å². The quantitative estimate of drug-likeness (QED) is 0.618. The first kappa shape index (κ1) is 14.4. The zero-order valence-corrected chi connectivity index (χ0v) is 10.3. The number of aliphatic hydroxyl groups is 1. The van der Waals surface area contributed by atoms with Crippen LogP contribution < -0.4 is 0 Å². The van der Waals surface area contributed by atoms with Crippen LogP contribution in [0.5, 0.6) is 0 Å². The molecule has 0 amide bonds. The second-order valence-electron chi connectivity index (χ2n) is 4.86. The normalized spacial score (nSPS) is 30.8. The molecule has 0 spiro atoms. The molecule has 1 aliphatic rings. The molecule has 0 saturated heterocycles. The van der Waals surface area contributed by atoms with Crippen molar-refractivity contribution in [2.24, 2.45) is 5.92 Å². The maximum Gasteiger partial charge on any atom is 0.380 e. The maximum atomic E-state index is 13.9. The number of rotatable bonds is 3. The largest absolute Gasteiger partial charge is 0.461 e. The molecule has 0 aliphatic heterocycles. The van der Waals surface area contributed by atoms with Crippen LogP contribution in [-0.2, 0) is 9.53 Å². The van der Waals surface area contributed by atoms with Crippen LogP contribution in [0.3, 0.4) is 0 Å². The van der Waals surface area contributed by atoms with E-state index in [1.165, 1.54) is 6.92 Å². The number of esters is 1. The molecule has 17 heavy (non-hydrogen) atoms. The Morgan fingerprint density at radius 3 is 2.71 bits per heavy atom. The van der Waals surface area contributed by atoms with Gasteiger partial charge in [0.1, 0.15) is 5.60 Å². The van der Waals surface area contributed by atoms with E-state index in [0.717, 1.165) is 6.42 Å². The molecule has 2 atom stereocenters. The molecule has 1 N–H and O–H groups in total. The van der Waals surface area contributed by atoms with Crippen molar-refractivity contribution in [2.75, 3.05) is 6.61 Å². The van der Waals surface area contributed by atoms with Crippen molar-refractivity contribution in [1.82, 2.24) is 0 Å². The third-order valence-corrected chi connectivity index (χ3v) is 3.45. The summed E-state index contributed by atoms with van der Waals surface area (Å²) in [5.74, 6) is -5.12. The number of ether oxygens (including phenoxy) is 1. The molecule has 0 aromatic carbocycles. The molecule has 0 radical (unpaired) electrons. The number of carbonyl (C=O) groups is 1. The Kier molecular flexibility index (Phi) is 4.47. The van der Waals surface area contributed by atoms with Crippen molar-refractivity contribution in [2.45, 2.75) is 57.5 Å². The van der Waals surface area contributed by atoms with Gasteiger partial charge in [-0.05, 0) is 32.1 Å². The van der Waals surface area contributed by atoms with Gasteiger partial charge in [0, 0.05) is 0 Å². The van der Waals surface area contributed by atoms with Crippen molar-refractivity contribution in [3.8, 4) is 0 Å². The Balaban J connectivity index is 2.83. The molecule has 3 nitrogen and oxygen atoms in total. The average Bonchev–Trinajstić information content (AvgIpc) is 2.42. The van der Waals surface area contributed by atoms with E-state index < -0.39 is 17.5 Å². The Hall–Kier alpha value is -0.710. The van der Waals surface area contributed by atoms with Crippen molar-refractivity contribution in [3.05, 3.63) is 0 Å². The van der Waals surface area contributed by atoms with Crippen LogP contribution in [0.4, 0.5) is 8.78 Å². The lowest BCUT2D eigenvalue weighted by Crippen LogP contribution is -2.53. The molecular weight excluding hydrogens is 230 g/mol. The highest BCUT2D eigenvalue weighted by Crippen LogP contribution is 2.41. The van der Waals surface area contributed by atoms with E-state index in [4.69, 9.17) is 0 Å². The summed E-state index contributed by atoms with van der Waals surface area (Å²) in [7, 11) is 0. The zero-order valence-electron chi connectivity index (χ0n) is 10.3. The summed E-state index contributed by atoms with van der Waals surface area (Å²) in [5, 5.41) is 10.0. The third kappa shape index (κ3) is 2.94. The minimum absolute atomic E-state index is 0.0524. The molecule has 1 rings (SSSR count). The van der Waals surface area contributed by atoms with Gasteiger partial charge in [-0.1, -0.05) is 19.8 Å². The molecule has 1 aliphatic carbocycles. The highest BCUT2D eigenvalue weighted by molar-refractivity contribution is 5.79. The van der Waals surface area contributed by atoms with Crippen molar-refractivity contribution in [1.29, 1.82) is 0 Å². The summed E-state index contributed by atoms with van der Waals surface area (Å²) in [6.45, 7) is 3.32. The first-order valence-electron chi connectivity index (χ1n) is 6.11. The summed E-state index contributed by atoms with van der Waals surface area (Å²) in [4.78, 5) is 11.2. The van der Waals surface area contributed by atoms with Gasteiger partial charge >= 0.3 is 11.9 Å². The van der Waals surface area contributed by atoms with E-state index in [9.17, 15) is 18.7 Å². The molecule has 2 unspecified atom stereocenters. The zero-order chi connectivity index (χ0) is 13.1. The van der Waals surface area contributed by atoms with Gasteiger partial charge in [-0.3, -0.25) is 0 Å². The van der Waals surface area contributed by atoms with Crippen molar-refractivity contribution < 1.29 is 23.4 Å². The number of hydrogen-bond acceptors (Lipinski definition) is 3. The number of alkyl halides is 2. The highest BCUT2D eigenvalue weighted by atomic mass is 19.3. The van der Waals surface area contributed by atoms with Gasteiger partial charge in [0.25, 0.3) is 0 Å². The van der Waals surface area contributed by atoms with Gasteiger partial charge in [-0.25, -0.2) is 4.79 Å². The van der Waals surface area contributed by atoms with E-state index in [1.807, 2.05) is 6.92 Å². The molecule has 1 saturated carbocycles. The Labute approximate surface area is 100 Å². The topological polar surface area (TPSA) is 46.5 Å². The SMILES string of the molecule is CCOC(=O)C(F)(F)C1(O)CCCC(C)CC1. The summed E-state index contributed by atoms with van der Waals surface area (Å²) in [6.07, 6.45) is 1.71. The van der Waals surface area contributed by atoms with Gasteiger partial charge in [-0.2, -0.15) is 8.78 Å². The second kappa shape index (κ2) is 5.29. The highest BCUT2D eigenvalue weighted by Gasteiger charge is 2.59. The second-order valence-corrected chi connectivity index (χ2v) is 4.86. The monoisotopic (exact) mass is 250 g/mol. The lowest BCUT2D eigenvalue weighted by molar-refractivity contribution is -0.216.